The van der Waals surface area contributed by atoms with Crippen LogP contribution >= 0.6 is 28.7 Å². The molecule has 0 saturated carbocycles. The highest BCUT2D eigenvalue weighted by Gasteiger charge is 2.25. The summed E-state index contributed by atoms with van der Waals surface area (Å²) in [6.07, 6.45) is 0. The molecule has 0 spiro atoms. The minimum absolute atomic E-state index is 0. The van der Waals surface area contributed by atoms with Crippen molar-refractivity contribution in [2.75, 3.05) is 4.90 Å². The van der Waals surface area contributed by atoms with E-state index in [1.807, 2.05) is 11.8 Å². The minimum atomic E-state index is 0. The lowest BCUT2D eigenvalue weighted by molar-refractivity contribution is 0.802. The van der Waals surface area contributed by atoms with Crippen LogP contribution in [0.4, 0.5) is 5.69 Å². The van der Waals surface area contributed by atoms with Gasteiger partial charge in [0.05, 0.1) is 11.1 Å². The van der Waals surface area contributed by atoms with Gasteiger partial charge in [0.2, 0.25) is 0 Å². The number of thioether (sulfide) groups is 1. The van der Waals surface area contributed by atoms with E-state index in [1.54, 1.807) is 0 Å². The Morgan fingerprint density at radius 3 is 2.44 bits per heavy atom. The molecule has 3 rings (SSSR count). The molecular weight excluding hydrogens is 306 g/mol. The van der Waals surface area contributed by atoms with Crippen LogP contribution in [0.3, 0.4) is 0 Å². The summed E-state index contributed by atoms with van der Waals surface area (Å²) < 4.78 is 0. The molecule has 0 saturated heterocycles. The monoisotopic (exact) mass is 321 g/mol. The summed E-state index contributed by atoms with van der Waals surface area (Å²) in [7, 11) is 0. The van der Waals surface area contributed by atoms with Gasteiger partial charge in [-0.2, -0.15) is 0 Å². The molecule has 0 bridgehead atoms. The Morgan fingerprint density at radius 2 is 1.67 bits per heavy atom. The maximum Gasteiger partial charge on any atom is 0.0773 e. The molecule has 1 unspecified atom stereocenters. The SMILES string of the molecule is Br.CC1Sc2ccccc2N1Cc1ccccc1. The van der Waals surface area contributed by atoms with E-state index >= 15 is 0 Å². The van der Waals surface area contributed by atoms with Gasteiger partial charge in [0.25, 0.3) is 0 Å². The molecular formula is C15H16BrNS. The molecule has 3 heteroatoms. The predicted molar refractivity (Wildman–Crippen MR) is 84.7 cm³/mol. The molecule has 2 aromatic carbocycles. The molecule has 18 heavy (non-hydrogen) atoms. The quantitative estimate of drug-likeness (QED) is 0.787. The van der Waals surface area contributed by atoms with Gasteiger partial charge in [-0.1, -0.05) is 54.2 Å². The van der Waals surface area contributed by atoms with E-state index in [2.05, 4.69) is 66.4 Å². The molecule has 1 aliphatic rings. The number of halogens is 1. The topological polar surface area (TPSA) is 3.24 Å². The number of fused-ring (bicyclic) bond motifs is 1. The zero-order valence-corrected chi connectivity index (χ0v) is 12.8. The van der Waals surface area contributed by atoms with E-state index in [0.717, 1.165) is 6.54 Å². The minimum Gasteiger partial charge on any atom is -0.354 e. The van der Waals surface area contributed by atoms with E-state index in [4.69, 9.17) is 0 Å². The van der Waals surface area contributed by atoms with Gasteiger partial charge in [0.1, 0.15) is 0 Å². The van der Waals surface area contributed by atoms with Crippen molar-refractivity contribution in [3.63, 3.8) is 0 Å². The smallest absolute Gasteiger partial charge is 0.0773 e. The van der Waals surface area contributed by atoms with Crippen molar-refractivity contribution < 1.29 is 0 Å². The largest absolute Gasteiger partial charge is 0.354 e. The predicted octanol–water partition coefficient (Wildman–Crippen LogP) is 4.72. The van der Waals surface area contributed by atoms with Crippen LogP contribution < -0.4 is 4.90 Å². The van der Waals surface area contributed by atoms with Crippen molar-refractivity contribution >= 4 is 34.4 Å². The lowest BCUT2D eigenvalue weighted by Gasteiger charge is -2.23. The first-order chi connectivity index (χ1) is 8.34. The Morgan fingerprint density at radius 1 is 1.00 bits per heavy atom. The number of anilines is 1. The number of benzene rings is 2. The van der Waals surface area contributed by atoms with Gasteiger partial charge in [0.15, 0.2) is 0 Å². The first-order valence-corrected chi connectivity index (χ1v) is 6.79. The molecule has 2 aromatic rings. The average molecular weight is 322 g/mol. The van der Waals surface area contributed by atoms with E-state index in [-0.39, 0.29) is 17.0 Å². The Labute approximate surface area is 123 Å². The van der Waals surface area contributed by atoms with Crippen molar-refractivity contribution in [2.24, 2.45) is 0 Å². The maximum atomic E-state index is 2.47. The van der Waals surface area contributed by atoms with Crippen molar-refractivity contribution in [3.8, 4) is 0 Å². The Kier molecular flexibility index (Phi) is 4.36. The number of rotatable bonds is 2. The molecule has 94 valence electrons. The molecule has 0 amide bonds. The van der Waals surface area contributed by atoms with Gasteiger partial charge in [0, 0.05) is 11.4 Å². The molecule has 1 nitrogen and oxygen atoms in total. The fraction of sp³-hybridized carbons (Fsp3) is 0.200. The zero-order valence-electron chi connectivity index (χ0n) is 10.2. The molecule has 0 fully saturated rings. The highest BCUT2D eigenvalue weighted by Crippen LogP contribution is 2.43. The summed E-state index contributed by atoms with van der Waals surface area (Å²) in [5, 5.41) is 0.521. The normalized spacial score (nSPS) is 17.2. The molecule has 0 N–H and O–H groups in total. The second-order valence-corrected chi connectivity index (χ2v) is 5.66. The fourth-order valence-electron chi connectivity index (χ4n) is 2.23. The number of hydrogen-bond donors (Lipinski definition) is 0. The summed E-state index contributed by atoms with van der Waals surface area (Å²) in [6.45, 7) is 3.26. The van der Waals surface area contributed by atoms with E-state index in [0.29, 0.717) is 5.37 Å². The summed E-state index contributed by atoms with van der Waals surface area (Å²) in [6, 6.07) is 19.3. The standard InChI is InChI=1S/C15H15NS.BrH/c1-12-16(11-13-7-3-2-4-8-13)14-9-5-6-10-15(14)17-12;/h2-10,12H,11H2,1H3;1H. The summed E-state index contributed by atoms with van der Waals surface area (Å²) in [5.74, 6) is 0. The van der Waals surface area contributed by atoms with Crippen LogP contribution in [0.5, 0.6) is 0 Å². The number of hydrogen-bond acceptors (Lipinski definition) is 2. The third-order valence-electron chi connectivity index (χ3n) is 3.11. The van der Waals surface area contributed by atoms with Crippen LogP contribution in [-0.4, -0.2) is 5.37 Å². The summed E-state index contributed by atoms with van der Waals surface area (Å²) in [5.41, 5.74) is 2.74. The third kappa shape index (κ3) is 2.57. The van der Waals surface area contributed by atoms with Crippen molar-refractivity contribution in [2.45, 2.75) is 23.7 Å². The van der Waals surface area contributed by atoms with Gasteiger partial charge in [-0.25, -0.2) is 0 Å². The number of nitrogens with zero attached hydrogens (tertiary/aromatic N) is 1. The lowest BCUT2D eigenvalue weighted by atomic mass is 10.2. The van der Waals surface area contributed by atoms with Crippen LogP contribution in [0.2, 0.25) is 0 Å². The molecule has 1 atom stereocenters. The molecule has 1 heterocycles. The average Bonchev–Trinajstić information content (AvgIpc) is 2.68. The summed E-state index contributed by atoms with van der Waals surface area (Å²) in [4.78, 5) is 3.87. The Hall–Kier alpha value is -0.930. The molecule has 0 aromatic heterocycles. The fourth-order valence-corrected chi connectivity index (χ4v) is 3.38. The molecule has 0 radical (unpaired) electrons. The van der Waals surface area contributed by atoms with Crippen LogP contribution in [0.1, 0.15) is 12.5 Å². The number of para-hydroxylation sites is 1. The van der Waals surface area contributed by atoms with Crippen molar-refractivity contribution in [1.82, 2.24) is 0 Å². The third-order valence-corrected chi connectivity index (χ3v) is 4.30. The van der Waals surface area contributed by atoms with Gasteiger partial charge in [-0.05, 0) is 24.6 Å². The highest BCUT2D eigenvalue weighted by atomic mass is 79.9. The maximum absolute atomic E-state index is 2.47. The first kappa shape index (κ1) is 13.5. The molecule has 0 aliphatic carbocycles. The zero-order chi connectivity index (χ0) is 11.7. The van der Waals surface area contributed by atoms with Crippen LogP contribution in [0.15, 0.2) is 59.5 Å². The van der Waals surface area contributed by atoms with Gasteiger partial charge < -0.3 is 4.90 Å². The van der Waals surface area contributed by atoms with Crippen molar-refractivity contribution in [3.05, 3.63) is 60.2 Å². The van der Waals surface area contributed by atoms with E-state index in [9.17, 15) is 0 Å². The van der Waals surface area contributed by atoms with E-state index in [1.165, 1.54) is 16.1 Å². The van der Waals surface area contributed by atoms with E-state index < -0.39 is 0 Å². The van der Waals surface area contributed by atoms with Crippen LogP contribution in [-0.2, 0) is 6.54 Å². The molecule has 1 aliphatic heterocycles. The lowest BCUT2D eigenvalue weighted by Crippen LogP contribution is -2.25. The van der Waals surface area contributed by atoms with Crippen molar-refractivity contribution in [1.29, 1.82) is 0 Å². The van der Waals surface area contributed by atoms with Crippen LogP contribution in [0, 0.1) is 0 Å². The van der Waals surface area contributed by atoms with Gasteiger partial charge in [-0.3, -0.25) is 0 Å². The van der Waals surface area contributed by atoms with Gasteiger partial charge >= 0.3 is 0 Å². The second kappa shape index (κ2) is 5.81. The van der Waals surface area contributed by atoms with Crippen LogP contribution in [0.25, 0.3) is 0 Å². The second-order valence-electron chi connectivity index (χ2n) is 4.30. The first-order valence-electron chi connectivity index (χ1n) is 5.91. The van der Waals surface area contributed by atoms with Gasteiger partial charge in [-0.15, -0.1) is 17.0 Å². The summed E-state index contributed by atoms with van der Waals surface area (Å²) >= 11 is 1.94. The Balaban J connectivity index is 0.00000120. The Bertz CT molecular complexity index is 515. The highest BCUT2D eigenvalue weighted by molar-refractivity contribution is 8.93.